The number of para-hydroxylation sites is 1. The number of amides is 1. The molecule has 0 aliphatic heterocycles. The molecular weight excluding hydrogens is 240 g/mol. The van der Waals surface area contributed by atoms with E-state index in [0.29, 0.717) is 19.6 Å². The van der Waals surface area contributed by atoms with Gasteiger partial charge in [-0.2, -0.15) is 0 Å². The minimum Gasteiger partial charge on any atom is -0.494 e. The minimum absolute atomic E-state index is 0.0613. The van der Waals surface area contributed by atoms with E-state index in [1.807, 2.05) is 38.1 Å². The molecule has 1 aromatic carbocycles. The van der Waals surface area contributed by atoms with Gasteiger partial charge in [0.2, 0.25) is 5.91 Å². The van der Waals surface area contributed by atoms with E-state index in [4.69, 9.17) is 10.5 Å². The van der Waals surface area contributed by atoms with Crippen LogP contribution in [0.5, 0.6) is 5.75 Å². The van der Waals surface area contributed by atoms with Crippen molar-refractivity contribution >= 4 is 5.91 Å². The van der Waals surface area contributed by atoms with Crippen LogP contribution in [0.25, 0.3) is 0 Å². The Kier molecular flexibility index (Phi) is 6.97. The molecule has 0 spiro atoms. The van der Waals surface area contributed by atoms with Gasteiger partial charge in [-0.1, -0.05) is 18.2 Å². The maximum Gasteiger partial charge on any atom is 0.220 e. The van der Waals surface area contributed by atoms with Gasteiger partial charge in [0, 0.05) is 19.0 Å². The Morgan fingerprint density at radius 2 is 2.16 bits per heavy atom. The predicted octanol–water partition coefficient (Wildman–Crippen LogP) is 1.87. The number of benzene rings is 1. The van der Waals surface area contributed by atoms with Gasteiger partial charge in [0.1, 0.15) is 5.75 Å². The summed E-state index contributed by atoms with van der Waals surface area (Å²) in [5.74, 6) is 0.959. The van der Waals surface area contributed by atoms with Crippen LogP contribution >= 0.6 is 0 Å². The van der Waals surface area contributed by atoms with E-state index >= 15 is 0 Å². The van der Waals surface area contributed by atoms with Gasteiger partial charge in [-0.05, 0) is 38.3 Å². The third-order valence-electron chi connectivity index (χ3n) is 2.82. The maximum atomic E-state index is 11.6. The number of nitrogens with two attached hydrogens (primary N) is 1. The normalized spacial score (nSPS) is 11.9. The van der Waals surface area contributed by atoms with Gasteiger partial charge in [0.25, 0.3) is 0 Å². The third-order valence-corrected chi connectivity index (χ3v) is 2.82. The summed E-state index contributed by atoms with van der Waals surface area (Å²) in [7, 11) is 0. The lowest BCUT2D eigenvalue weighted by Crippen LogP contribution is -2.27. The summed E-state index contributed by atoms with van der Waals surface area (Å²) in [5.41, 5.74) is 6.74. The molecule has 1 rings (SSSR count). The highest BCUT2D eigenvalue weighted by atomic mass is 16.5. The smallest absolute Gasteiger partial charge is 0.220 e. The summed E-state index contributed by atoms with van der Waals surface area (Å²) >= 11 is 0. The quantitative estimate of drug-likeness (QED) is 0.753. The molecule has 0 heterocycles. The van der Waals surface area contributed by atoms with Gasteiger partial charge in [-0.15, -0.1) is 0 Å². The highest BCUT2D eigenvalue weighted by Gasteiger charge is 2.05. The van der Waals surface area contributed by atoms with Crippen molar-refractivity contribution in [1.29, 1.82) is 0 Å². The third kappa shape index (κ3) is 6.25. The molecule has 0 aromatic heterocycles. The van der Waals surface area contributed by atoms with E-state index in [1.54, 1.807) is 0 Å². The van der Waals surface area contributed by atoms with Crippen LogP contribution in [0.3, 0.4) is 0 Å². The van der Waals surface area contributed by atoms with Crippen molar-refractivity contribution in [2.24, 2.45) is 5.73 Å². The Labute approximate surface area is 115 Å². The Morgan fingerprint density at radius 3 is 2.84 bits per heavy atom. The fraction of sp³-hybridized carbons (Fsp3) is 0.533. The van der Waals surface area contributed by atoms with Crippen molar-refractivity contribution < 1.29 is 9.53 Å². The Balaban J connectivity index is 2.34. The number of hydrogen-bond donors (Lipinski definition) is 2. The van der Waals surface area contributed by atoms with Crippen molar-refractivity contribution in [1.82, 2.24) is 5.32 Å². The number of ether oxygens (including phenoxy) is 1. The van der Waals surface area contributed by atoms with Crippen molar-refractivity contribution in [3.63, 3.8) is 0 Å². The monoisotopic (exact) mass is 264 g/mol. The highest BCUT2D eigenvalue weighted by Crippen LogP contribution is 2.17. The fourth-order valence-corrected chi connectivity index (χ4v) is 1.79. The Bertz CT molecular complexity index is 391. The van der Waals surface area contributed by atoms with Crippen LogP contribution in [-0.2, 0) is 11.2 Å². The van der Waals surface area contributed by atoms with Crippen LogP contribution in [0, 0.1) is 0 Å². The van der Waals surface area contributed by atoms with Gasteiger partial charge in [0.15, 0.2) is 0 Å². The van der Waals surface area contributed by atoms with Gasteiger partial charge in [0.05, 0.1) is 6.61 Å². The average Bonchev–Trinajstić information content (AvgIpc) is 2.39. The summed E-state index contributed by atoms with van der Waals surface area (Å²) in [6, 6.07) is 7.99. The molecule has 4 nitrogen and oxygen atoms in total. The molecule has 4 heteroatoms. The summed E-state index contributed by atoms with van der Waals surface area (Å²) in [4.78, 5) is 11.6. The van der Waals surface area contributed by atoms with E-state index in [2.05, 4.69) is 5.32 Å². The van der Waals surface area contributed by atoms with E-state index in [0.717, 1.165) is 24.2 Å². The Hall–Kier alpha value is -1.55. The van der Waals surface area contributed by atoms with Gasteiger partial charge in [-0.25, -0.2) is 0 Å². The largest absolute Gasteiger partial charge is 0.494 e. The molecule has 0 radical (unpaired) electrons. The summed E-state index contributed by atoms with van der Waals surface area (Å²) in [6.07, 6.45) is 1.99. The summed E-state index contributed by atoms with van der Waals surface area (Å²) in [5, 5.41) is 2.91. The molecule has 106 valence electrons. The van der Waals surface area contributed by atoms with Crippen LogP contribution < -0.4 is 15.8 Å². The highest BCUT2D eigenvalue weighted by molar-refractivity contribution is 5.75. The standard InChI is InChI=1S/C15H24N2O2/c1-3-19-14-7-5-4-6-13(14)10-11-17-15(18)9-8-12(2)16/h4-7,12H,3,8-11,16H2,1-2H3,(H,17,18). The van der Waals surface area contributed by atoms with Crippen molar-refractivity contribution in [3.8, 4) is 5.75 Å². The number of nitrogens with one attached hydrogen (secondary N) is 1. The van der Waals surface area contributed by atoms with Crippen LogP contribution in [0.15, 0.2) is 24.3 Å². The topological polar surface area (TPSA) is 64.3 Å². The summed E-state index contributed by atoms with van der Waals surface area (Å²) < 4.78 is 5.54. The number of rotatable bonds is 8. The molecule has 0 saturated heterocycles. The van der Waals surface area contributed by atoms with Crippen molar-refractivity contribution in [2.75, 3.05) is 13.2 Å². The van der Waals surface area contributed by atoms with Crippen LogP contribution in [0.4, 0.5) is 0 Å². The minimum atomic E-state index is 0.0613. The van der Waals surface area contributed by atoms with Gasteiger partial charge < -0.3 is 15.8 Å². The SMILES string of the molecule is CCOc1ccccc1CCNC(=O)CCC(C)N. The lowest BCUT2D eigenvalue weighted by molar-refractivity contribution is -0.121. The molecule has 1 atom stereocenters. The van der Waals surface area contributed by atoms with Gasteiger partial charge >= 0.3 is 0 Å². The lowest BCUT2D eigenvalue weighted by Gasteiger charge is -2.11. The zero-order valence-corrected chi connectivity index (χ0v) is 11.8. The second-order valence-electron chi connectivity index (χ2n) is 4.66. The molecule has 19 heavy (non-hydrogen) atoms. The number of hydrogen-bond acceptors (Lipinski definition) is 3. The van der Waals surface area contributed by atoms with E-state index in [9.17, 15) is 4.79 Å². The average molecular weight is 264 g/mol. The first-order chi connectivity index (χ1) is 9.13. The number of carbonyl (C=O) groups excluding carboxylic acids is 1. The molecule has 1 unspecified atom stereocenters. The van der Waals surface area contributed by atoms with Crippen molar-refractivity contribution in [3.05, 3.63) is 29.8 Å². The summed E-state index contributed by atoms with van der Waals surface area (Å²) in [6.45, 7) is 5.15. The molecule has 1 amide bonds. The van der Waals surface area contributed by atoms with E-state index in [-0.39, 0.29) is 11.9 Å². The van der Waals surface area contributed by atoms with Crippen LogP contribution in [0.1, 0.15) is 32.3 Å². The molecule has 0 bridgehead atoms. The molecule has 1 aromatic rings. The fourth-order valence-electron chi connectivity index (χ4n) is 1.79. The first kappa shape index (κ1) is 15.5. The maximum absolute atomic E-state index is 11.6. The van der Waals surface area contributed by atoms with Crippen LogP contribution in [-0.4, -0.2) is 25.1 Å². The molecule has 0 aliphatic carbocycles. The van der Waals surface area contributed by atoms with Gasteiger partial charge in [-0.3, -0.25) is 4.79 Å². The first-order valence-corrected chi connectivity index (χ1v) is 6.86. The van der Waals surface area contributed by atoms with E-state index < -0.39 is 0 Å². The first-order valence-electron chi connectivity index (χ1n) is 6.86. The number of carbonyl (C=O) groups is 1. The molecule has 0 fully saturated rings. The zero-order valence-electron chi connectivity index (χ0n) is 11.8. The lowest BCUT2D eigenvalue weighted by atomic mass is 10.1. The van der Waals surface area contributed by atoms with Crippen molar-refractivity contribution in [2.45, 2.75) is 39.2 Å². The second-order valence-corrected chi connectivity index (χ2v) is 4.66. The van der Waals surface area contributed by atoms with E-state index in [1.165, 1.54) is 0 Å². The van der Waals surface area contributed by atoms with Crippen LogP contribution in [0.2, 0.25) is 0 Å². The Morgan fingerprint density at radius 1 is 1.42 bits per heavy atom. The molecule has 3 N–H and O–H groups in total. The second kappa shape index (κ2) is 8.53. The zero-order chi connectivity index (χ0) is 14.1. The molecular formula is C15H24N2O2. The predicted molar refractivity (Wildman–Crippen MR) is 77.2 cm³/mol. The molecule has 0 saturated carbocycles. The molecule has 0 aliphatic rings.